The Balaban J connectivity index is 5.44. The van der Waals surface area contributed by atoms with Crippen molar-refractivity contribution in [1.82, 2.24) is 9.42 Å². The maximum Gasteiger partial charge on any atom is 0.476 e. The average molecular weight is 314 g/mol. The summed E-state index contributed by atoms with van der Waals surface area (Å²) in [6, 6.07) is 0. The van der Waals surface area contributed by atoms with Crippen LogP contribution in [0.5, 0.6) is 0 Å². The molecule has 0 aromatic carbocycles. The molecule has 11 heteroatoms. The Morgan fingerprint density at radius 1 is 1.15 bits per heavy atom. The lowest BCUT2D eigenvalue weighted by atomic mass is 10.4. The van der Waals surface area contributed by atoms with Gasteiger partial charge in [0.15, 0.2) is 0 Å². The van der Waals surface area contributed by atoms with E-state index in [0.29, 0.717) is 5.01 Å². The third kappa shape index (κ3) is 4.92. The van der Waals surface area contributed by atoms with E-state index in [9.17, 15) is 18.0 Å². The normalized spacial score (nSPS) is 11.0. The average Bonchev–Trinajstić information content (AvgIpc) is 2.40. The van der Waals surface area contributed by atoms with Gasteiger partial charge in [0.05, 0.1) is 13.7 Å². The van der Waals surface area contributed by atoms with Gasteiger partial charge in [0.1, 0.15) is 0 Å². The van der Waals surface area contributed by atoms with Crippen LogP contribution in [0.4, 0.5) is 4.79 Å². The first-order valence-electron chi connectivity index (χ1n) is 5.76. The van der Waals surface area contributed by atoms with E-state index in [1.165, 1.54) is 20.8 Å². The predicted molar refractivity (Wildman–Crippen MR) is 64.6 cm³/mol. The second-order valence-corrected chi connectivity index (χ2v) is 4.49. The van der Waals surface area contributed by atoms with Crippen LogP contribution in [-0.2, 0) is 34.1 Å². The summed E-state index contributed by atoms with van der Waals surface area (Å²) in [4.78, 5) is 36.0. The molecule has 0 aromatic heterocycles. The molecule has 0 atom stereocenters. The highest BCUT2D eigenvalue weighted by Gasteiger charge is 2.39. The van der Waals surface area contributed by atoms with Crippen LogP contribution in [0.25, 0.3) is 0 Å². The Kier molecular flexibility index (Phi) is 8.06. The fourth-order valence-electron chi connectivity index (χ4n) is 1.16. The molecule has 10 nitrogen and oxygen atoms in total. The first-order valence-corrected chi connectivity index (χ1v) is 7.13. The highest BCUT2D eigenvalue weighted by atomic mass is 32.2. The minimum absolute atomic E-state index is 0.00138. The zero-order valence-corrected chi connectivity index (χ0v) is 12.5. The molecule has 0 rings (SSSR count). The number of carbonyl (C=O) groups excluding carboxylic acids is 2. The largest absolute Gasteiger partial charge is 0.476 e. The Morgan fingerprint density at radius 2 is 1.75 bits per heavy atom. The summed E-state index contributed by atoms with van der Waals surface area (Å²) < 4.78 is 27.6. The van der Waals surface area contributed by atoms with Crippen LogP contribution in [0.1, 0.15) is 27.2 Å². The molecule has 0 aliphatic heterocycles. The molecular weight excluding hydrogens is 296 g/mol. The highest BCUT2D eigenvalue weighted by Crippen LogP contribution is 2.13. The van der Waals surface area contributed by atoms with Gasteiger partial charge < -0.3 is 0 Å². The van der Waals surface area contributed by atoms with E-state index >= 15 is 0 Å². The first kappa shape index (κ1) is 18.6. The quantitative estimate of drug-likeness (QED) is 0.489. The molecule has 0 unspecified atom stereocenters. The number of carbonyl (C=O) groups is 2. The minimum atomic E-state index is -4.71. The molecule has 0 fully saturated rings. The molecule has 118 valence electrons. The van der Waals surface area contributed by atoms with Gasteiger partial charge in [0.25, 0.3) is 0 Å². The van der Waals surface area contributed by atoms with E-state index in [-0.39, 0.29) is 24.0 Å². The predicted octanol–water partition coefficient (Wildman–Crippen LogP) is 0.373. The Bertz CT molecular complexity index is 424. The number of hydrogen-bond donors (Lipinski definition) is 0. The fraction of sp³-hybridized carbons (Fsp3) is 0.778. The van der Waals surface area contributed by atoms with Crippen LogP contribution in [0.2, 0.25) is 0 Å². The summed E-state index contributed by atoms with van der Waals surface area (Å²) in [5.74, 6) is -0.635. The van der Waals surface area contributed by atoms with Crippen molar-refractivity contribution in [1.29, 1.82) is 0 Å². The Labute approximate surface area is 117 Å². The molecule has 0 radical (unpaired) electrons. The smallest absolute Gasteiger partial charge is 0.273 e. The molecule has 0 N–H and O–H groups in total. The number of hydrogen-bond acceptors (Lipinski definition) is 8. The lowest BCUT2D eigenvalue weighted by molar-refractivity contribution is -0.247. The van der Waals surface area contributed by atoms with Gasteiger partial charge in [-0.1, -0.05) is 15.7 Å². The molecule has 0 saturated carbocycles. The molecule has 0 aliphatic carbocycles. The molecule has 0 heterocycles. The van der Waals surface area contributed by atoms with Gasteiger partial charge in [0, 0.05) is 13.0 Å². The zero-order chi connectivity index (χ0) is 15.8. The van der Waals surface area contributed by atoms with Crippen LogP contribution < -0.4 is 0 Å². The van der Waals surface area contributed by atoms with Crippen LogP contribution in [0.3, 0.4) is 0 Å². The van der Waals surface area contributed by atoms with E-state index < -0.39 is 22.3 Å². The molecular formula is C9H18N2O8S. The van der Waals surface area contributed by atoms with Crippen molar-refractivity contribution in [3.8, 4) is 0 Å². The van der Waals surface area contributed by atoms with Crippen molar-refractivity contribution in [2.24, 2.45) is 0 Å². The van der Waals surface area contributed by atoms with E-state index in [1.807, 2.05) is 0 Å². The molecule has 20 heavy (non-hydrogen) atoms. The summed E-state index contributed by atoms with van der Waals surface area (Å²) in [5.41, 5.74) is 0. The third-order valence-corrected chi connectivity index (χ3v) is 2.96. The fourth-order valence-corrected chi connectivity index (χ4v) is 2.05. The van der Waals surface area contributed by atoms with Crippen LogP contribution in [0, 0.1) is 0 Å². The molecule has 0 saturated heterocycles. The molecule has 0 aromatic rings. The summed E-state index contributed by atoms with van der Waals surface area (Å²) in [7, 11) is -3.77. The second kappa shape index (κ2) is 8.68. The maximum absolute atomic E-state index is 11.8. The maximum atomic E-state index is 11.8. The number of rotatable bonds is 7. The van der Waals surface area contributed by atoms with E-state index in [1.54, 1.807) is 0 Å². The number of hydrazine groups is 1. The van der Waals surface area contributed by atoms with Gasteiger partial charge in [-0.3, -0.25) is 9.68 Å². The van der Waals surface area contributed by atoms with Gasteiger partial charge in [-0.2, -0.15) is 13.3 Å². The standard InChI is InChI=1S/C9H18N2O8S/c1-5-8(12)10(6-2)11(9(13)18-17-7-3)20(14,15)19-16-4/h5-7H2,1-4H3. The molecule has 0 aliphatic rings. The van der Waals surface area contributed by atoms with E-state index in [0.717, 1.165) is 7.11 Å². The monoisotopic (exact) mass is 314 g/mol. The van der Waals surface area contributed by atoms with Crippen LogP contribution in [-0.4, -0.2) is 50.1 Å². The van der Waals surface area contributed by atoms with Crippen LogP contribution >= 0.6 is 0 Å². The number of nitrogens with zero attached hydrogens (tertiary/aromatic N) is 2. The summed E-state index contributed by atoms with van der Waals surface area (Å²) >= 11 is 0. The van der Waals surface area contributed by atoms with Gasteiger partial charge in [-0.05, 0) is 13.8 Å². The van der Waals surface area contributed by atoms with E-state index in [2.05, 4.69) is 19.0 Å². The minimum Gasteiger partial charge on any atom is -0.273 e. The number of amides is 2. The van der Waals surface area contributed by atoms with Crippen molar-refractivity contribution in [3.05, 3.63) is 0 Å². The lowest BCUT2D eigenvalue weighted by Gasteiger charge is -2.29. The Hall–Kier alpha value is -1.43. The topological polar surface area (TPSA) is 112 Å². The highest BCUT2D eigenvalue weighted by molar-refractivity contribution is 7.84. The van der Waals surface area contributed by atoms with Gasteiger partial charge >= 0.3 is 16.4 Å². The second-order valence-electron chi connectivity index (χ2n) is 3.15. The molecule has 2 amide bonds. The van der Waals surface area contributed by atoms with Crippen molar-refractivity contribution < 1.29 is 37.0 Å². The van der Waals surface area contributed by atoms with Crippen molar-refractivity contribution in [3.63, 3.8) is 0 Å². The van der Waals surface area contributed by atoms with E-state index in [4.69, 9.17) is 0 Å². The van der Waals surface area contributed by atoms with Crippen molar-refractivity contribution in [2.45, 2.75) is 27.2 Å². The van der Waals surface area contributed by atoms with Gasteiger partial charge in [-0.15, -0.1) is 0 Å². The van der Waals surface area contributed by atoms with Gasteiger partial charge in [-0.25, -0.2) is 14.7 Å². The first-order chi connectivity index (χ1) is 9.35. The van der Waals surface area contributed by atoms with Crippen molar-refractivity contribution >= 4 is 22.3 Å². The molecule has 0 bridgehead atoms. The SMILES string of the molecule is CCOOC(=O)N(N(CC)C(=O)CC)S(=O)(=O)OOC. The van der Waals surface area contributed by atoms with Gasteiger partial charge in [0.2, 0.25) is 5.91 Å². The Morgan fingerprint density at radius 3 is 2.15 bits per heavy atom. The lowest BCUT2D eigenvalue weighted by Crippen LogP contribution is -2.53. The third-order valence-electron chi connectivity index (χ3n) is 1.88. The zero-order valence-electron chi connectivity index (χ0n) is 11.7. The summed E-state index contributed by atoms with van der Waals surface area (Å²) in [6.07, 6.45) is -1.48. The summed E-state index contributed by atoms with van der Waals surface area (Å²) in [5, 5.41) is 0.635. The van der Waals surface area contributed by atoms with Crippen molar-refractivity contribution in [2.75, 3.05) is 20.3 Å². The summed E-state index contributed by atoms with van der Waals surface area (Å²) in [6.45, 7) is 4.38. The molecule has 0 spiro atoms. The van der Waals surface area contributed by atoms with Crippen LogP contribution in [0.15, 0.2) is 0 Å².